The van der Waals surface area contributed by atoms with E-state index in [4.69, 9.17) is 10.6 Å². The number of hydrogen-bond donors (Lipinski definition) is 3. The van der Waals surface area contributed by atoms with Crippen molar-refractivity contribution < 1.29 is 9.94 Å². The third-order valence-electron chi connectivity index (χ3n) is 14.3. The van der Waals surface area contributed by atoms with Gasteiger partial charge in [0.25, 0.3) is 0 Å². The van der Waals surface area contributed by atoms with Crippen molar-refractivity contribution in [1.29, 1.82) is 0 Å². The van der Waals surface area contributed by atoms with Crippen LogP contribution in [0.5, 0.6) is 0 Å². The number of fused-ring (bicyclic) bond motifs is 7. The number of hydroxylamine groups is 1. The fraction of sp³-hybridized carbons (Fsp3) is 0.939. The van der Waals surface area contributed by atoms with Gasteiger partial charge in [0.1, 0.15) is 0 Å². The van der Waals surface area contributed by atoms with Gasteiger partial charge in [-0.15, -0.1) is 0 Å². The van der Waals surface area contributed by atoms with Crippen molar-refractivity contribution in [3.63, 3.8) is 0 Å². The molecule has 0 radical (unpaired) electrons. The predicted molar refractivity (Wildman–Crippen MR) is 153 cm³/mol. The van der Waals surface area contributed by atoms with Crippen molar-refractivity contribution in [1.82, 2.24) is 5.48 Å². The molecule has 5 aliphatic carbocycles. The van der Waals surface area contributed by atoms with Gasteiger partial charge in [0.05, 0.1) is 6.61 Å². The Morgan fingerprint density at radius 3 is 2.35 bits per heavy atom. The maximum Gasteiger partial charge on any atom is 0.0694 e. The van der Waals surface area contributed by atoms with Crippen LogP contribution in [0.4, 0.5) is 0 Å². The molecule has 4 nitrogen and oxygen atoms in total. The van der Waals surface area contributed by atoms with E-state index in [2.05, 4.69) is 53.6 Å². The van der Waals surface area contributed by atoms with Crippen molar-refractivity contribution in [3.05, 3.63) is 12.2 Å². The highest BCUT2D eigenvalue weighted by Crippen LogP contribution is 2.77. The smallest absolute Gasteiger partial charge is 0.0694 e. The summed E-state index contributed by atoms with van der Waals surface area (Å²) in [6, 6.07) is 0.411. The molecule has 0 aliphatic heterocycles. The van der Waals surface area contributed by atoms with Crippen LogP contribution in [0.3, 0.4) is 0 Å². The molecule has 5 rings (SSSR count). The minimum absolute atomic E-state index is 0.147. The Bertz CT molecular complexity index is 872. The molecule has 5 saturated carbocycles. The van der Waals surface area contributed by atoms with Gasteiger partial charge in [0.15, 0.2) is 0 Å². The predicted octanol–water partition coefficient (Wildman–Crippen LogP) is 6.87. The van der Waals surface area contributed by atoms with E-state index in [0.29, 0.717) is 53.9 Å². The fourth-order valence-corrected chi connectivity index (χ4v) is 12.1. The van der Waals surface area contributed by atoms with Crippen molar-refractivity contribution >= 4 is 0 Å². The number of rotatable bonds is 7. The minimum Gasteiger partial charge on any atom is -0.396 e. The number of nitrogens with one attached hydrogen (secondary N) is 1. The number of hydrogen-bond acceptors (Lipinski definition) is 4. The van der Waals surface area contributed by atoms with Gasteiger partial charge >= 0.3 is 0 Å². The summed E-state index contributed by atoms with van der Waals surface area (Å²) in [6.07, 6.45) is 13.8. The summed E-state index contributed by atoms with van der Waals surface area (Å²) in [4.78, 5) is 5.91. The summed E-state index contributed by atoms with van der Waals surface area (Å²) in [7, 11) is 0. The van der Waals surface area contributed by atoms with E-state index >= 15 is 0 Å². The number of aliphatic hydroxyl groups is 1. The van der Waals surface area contributed by atoms with E-state index in [9.17, 15) is 5.11 Å². The van der Waals surface area contributed by atoms with E-state index in [1.807, 2.05) is 0 Å². The molecule has 0 bridgehead atoms. The van der Waals surface area contributed by atoms with Gasteiger partial charge in [-0.05, 0) is 141 Å². The molecule has 0 aromatic rings. The lowest BCUT2D eigenvalue weighted by atomic mass is 9.32. The third-order valence-corrected chi connectivity index (χ3v) is 14.3. The maximum atomic E-state index is 10.7. The zero-order valence-corrected chi connectivity index (χ0v) is 25.0. The molecule has 37 heavy (non-hydrogen) atoms. The molecule has 212 valence electrons. The monoisotopic (exact) mass is 514 g/mol. The molecule has 0 unspecified atom stereocenters. The maximum absolute atomic E-state index is 10.7. The lowest BCUT2D eigenvalue weighted by Crippen LogP contribution is -2.67. The average Bonchev–Trinajstić information content (AvgIpc) is 3.24. The lowest BCUT2D eigenvalue weighted by Gasteiger charge is -2.73. The molecule has 0 heterocycles. The zero-order valence-electron chi connectivity index (χ0n) is 25.0. The number of aliphatic hydroxyl groups excluding tert-OH is 1. The van der Waals surface area contributed by atoms with Gasteiger partial charge in [0, 0.05) is 12.6 Å². The molecule has 0 saturated heterocycles. The topological polar surface area (TPSA) is 67.5 Å². The Balaban J connectivity index is 1.43. The first-order chi connectivity index (χ1) is 17.4. The molecule has 5 fully saturated rings. The Hall–Kier alpha value is -0.420. The van der Waals surface area contributed by atoms with Gasteiger partial charge in [-0.1, -0.05) is 46.8 Å². The average molecular weight is 515 g/mol. The van der Waals surface area contributed by atoms with Crippen molar-refractivity contribution in [3.8, 4) is 0 Å². The molecule has 0 aromatic carbocycles. The van der Waals surface area contributed by atoms with Crippen LogP contribution in [-0.4, -0.2) is 30.9 Å². The molecule has 4 heteroatoms. The van der Waals surface area contributed by atoms with Crippen LogP contribution >= 0.6 is 0 Å². The Kier molecular flexibility index (Phi) is 7.29. The summed E-state index contributed by atoms with van der Waals surface area (Å²) in [5, 5.41) is 10.7. The first-order valence-electron chi connectivity index (χ1n) is 15.7. The molecule has 0 amide bonds. The van der Waals surface area contributed by atoms with Gasteiger partial charge < -0.3 is 15.7 Å². The molecule has 0 spiro atoms. The van der Waals surface area contributed by atoms with E-state index < -0.39 is 0 Å². The summed E-state index contributed by atoms with van der Waals surface area (Å²) in [6.45, 7) is 21.6. The highest BCUT2D eigenvalue weighted by atomic mass is 16.6. The normalized spacial score (nSPS) is 50.5. The van der Waals surface area contributed by atoms with E-state index in [1.54, 1.807) is 0 Å². The van der Waals surface area contributed by atoms with Crippen molar-refractivity contribution in [2.24, 2.45) is 62.4 Å². The number of allylic oxidation sites excluding steroid dienone is 1. The third kappa shape index (κ3) is 3.89. The molecular weight excluding hydrogens is 456 g/mol. The standard InChI is InChI=1S/C33H58N2O2/c1-22(2)23-11-16-33(21-36)18-17-31(6)24(28(23)33)9-10-26-30(5)14-13-27(35-37-20-8-19-34)29(3,4)25(30)12-15-32(26,31)7/h23-28,35-36H,1,8-21,34H2,2-7H3/t23-,24+,25-,26+,27-,28+,30-,31+,32+,33+/m0/s1. The highest BCUT2D eigenvalue weighted by Gasteiger charge is 2.70. The van der Waals surface area contributed by atoms with Crippen LogP contribution in [-0.2, 0) is 4.84 Å². The molecule has 10 atom stereocenters. The van der Waals surface area contributed by atoms with Crippen molar-refractivity contribution in [2.75, 3.05) is 19.8 Å². The number of nitrogens with two attached hydrogens (primary N) is 1. The Labute approximate surface area is 227 Å². The largest absolute Gasteiger partial charge is 0.396 e. The quantitative estimate of drug-likeness (QED) is 0.197. The summed E-state index contributed by atoms with van der Waals surface area (Å²) < 4.78 is 0. The Morgan fingerprint density at radius 1 is 0.919 bits per heavy atom. The van der Waals surface area contributed by atoms with Crippen LogP contribution in [0.2, 0.25) is 0 Å². The van der Waals surface area contributed by atoms with Gasteiger partial charge in [-0.3, -0.25) is 0 Å². The molecule has 5 aliphatic rings. The summed E-state index contributed by atoms with van der Waals surface area (Å²) >= 11 is 0. The zero-order chi connectivity index (χ0) is 26.9. The highest BCUT2D eigenvalue weighted by molar-refractivity contribution is 5.21. The van der Waals surface area contributed by atoms with Crippen LogP contribution < -0.4 is 11.2 Å². The molecular formula is C33H58N2O2. The van der Waals surface area contributed by atoms with Gasteiger partial charge in [0.2, 0.25) is 0 Å². The van der Waals surface area contributed by atoms with Crippen LogP contribution in [0, 0.1) is 56.7 Å². The summed E-state index contributed by atoms with van der Waals surface area (Å²) in [5.41, 5.74) is 12.0. The van der Waals surface area contributed by atoms with Crippen molar-refractivity contribution in [2.45, 2.75) is 118 Å². The second-order valence-electron chi connectivity index (χ2n) is 15.7. The SMILES string of the molecule is C=C(C)[C@@H]1CC[C@]2(CO)CC[C@]3(C)[C@H](CC[C@@H]4[C@@]5(C)CC[C@H](NOCCCN)C(C)(C)[C@@H]5CC[C@]43C)[C@@H]12. The fourth-order valence-electron chi connectivity index (χ4n) is 12.1. The van der Waals surface area contributed by atoms with E-state index in [0.717, 1.165) is 24.2 Å². The van der Waals surface area contributed by atoms with Crippen LogP contribution in [0.15, 0.2) is 12.2 Å². The van der Waals surface area contributed by atoms with Crippen LogP contribution in [0.1, 0.15) is 112 Å². The molecule has 0 aromatic heterocycles. The van der Waals surface area contributed by atoms with Gasteiger partial charge in [-0.25, -0.2) is 0 Å². The first-order valence-corrected chi connectivity index (χ1v) is 15.7. The van der Waals surface area contributed by atoms with E-state index in [1.165, 1.54) is 69.8 Å². The lowest BCUT2D eigenvalue weighted by molar-refractivity contribution is -0.245. The Morgan fingerprint density at radius 2 is 1.68 bits per heavy atom. The molecule has 4 N–H and O–H groups in total. The first kappa shape index (κ1) is 28.1. The van der Waals surface area contributed by atoms with Crippen LogP contribution in [0.25, 0.3) is 0 Å². The second-order valence-corrected chi connectivity index (χ2v) is 15.7. The van der Waals surface area contributed by atoms with E-state index in [-0.39, 0.29) is 10.8 Å². The van der Waals surface area contributed by atoms with Gasteiger partial charge in [-0.2, -0.15) is 5.48 Å². The second kappa shape index (κ2) is 9.60. The minimum atomic E-state index is 0.147. The summed E-state index contributed by atoms with van der Waals surface area (Å²) in [5.74, 6) is 3.45.